The van der Waals surface area contributed by atoms with Crippen LogP contribution in [0.25, 0.3) is 0 Å². The quantitative estimate of drug-likeness (QED) is 0.672. The average Bonchev–Trinajstić information content (AvgIpc) is 2.15. The highest BCUT2D eigenvalue weighted by molar-refractivity contribution is 14.1. The molecule has 1 heterocycles. The van der Waals surface area contributed by atoms with Gasteiger partial charge >= 0.3 is 6.09 Å². The highest BCUT2D eigenvalue weighted by atomic mass is 127. The molecule has 1 aromatic rings. The van der Waals surface area contributed by atoms with Crippen molar-refractivity contribution in [1.82, 2.24) is 9.88 Å². The molecule has 0 aliphatic heterocycles. The van der Waals surface area contributed by atoms with E-state index in [1.807, 2.05) is 22.6 Å². The second-order valence-electron chi connectivity index (χ2n) is 3.10. The SMILES string of the molecule is CC(c1cnc(F)cc1I)N(C)C(=O)O. The van der Waals surface area contributed by atoms with Gasteiger partial charge in [-0.1, -0.05) is 0 Å². The van der Waals surface area contributed by atoms with Gasteiger partial charge in [-0.2, -0.15) is 4.39 Å². The topological polar surface area (TPSA) is 53.4 Å². The summed E-state index contributed by atoms with van der Waals surface area (Å²) in [4.78, 5) is 15.4. The van der Waals surface area contributed by atoms with Crippen LogP contribution in [0.4, 0.5) is 9.18 Å². The molecule has 1 unspecified atom stereocenters. The summed E-state index contributed by atoms with van der Waals surface area (Å²) in [6, 6.07) is 0.935. The van der Waals surface area contributed by atoms with Crippen molar-refractivity contribution in [3.05, 3.63) is 27.3 Å². The van der Waals surface area contributed by atoms with E-state index in [1.165, 1.54) is 19.3 Å². The minimum Gasteiger partial charge on any atom is -0.465 e. The molecule has 0 spiro atoms. The molecule has 0 fully saturated rings. The van der Waals surface area contributed by atoms with Gasteiger partial charge < -0.3 is 10.0 Å². The number of amides is 1. The second-order valence-corrected chi connectivity index (χ2v) is 4.26. The lowest BCUT2D eigenvalue weighted by molar-refractivity contribution is 0.141. The van der Waals surface area contributed by atoms with E-state index in [9.17, 15) is 9.18 Å². The summed E-state index contributed by atoms with van der Waals surface area (Å²) in [5.41, 5.74) is 0.696. The molecule has 0 bridgehead atoms. The number of halogens is 2. The third-order valence-electron chi connectivity index (χ3n) is 2.18. The summed E-state index contributed by atoms with van der Waals surface area (Å²) >= 11 is 1.96. The Hall–Kier alpha value is -0.920. The van der Waals surface area contributed by atoms with Crippen molar-refractivity contribution < 1.29 is 14.3 Å². The van der Waals surface area contributed by atoms with Gasteiger partial charge in [0.05, 0.1) is 6.04 Å². The maximum atomic E-state index is 12.7. The van der Waals surface area contributed by atoms with Crippen molar-refractivity contribution in [1.29, 1.82) is 0 Å². The monoisotopic (exact) mass is 324 g/mol. The van der Waals surface area contributed by atoms with Crippen LogP contribution in [-0.2, 0) is 0 Å². The molecule has 0 saturated carbocycles. The van der Waals surface area contributed by atoms with Gasteiger partial charge in [0.15, 0.2) is 0 Å². The molecule has 0 aliphatic rings. The first kappa shape index (κ1) is 12.2. The lowest BCUT2D eigenvalue weighted by Crippen LogP contribution is -2.28. The average molecular weight is 324 g/mol. The second kappa shape index (κ2) is 4.73. The van der Waals surface area contributed by atoms with Crippen molar-refractivity contribution >= 4 is 28.7 Å². The van der Waals surface area contributed by atoms with Gasteiger partial charge in [-0.05, 0) is 29.5 Å². The molecule has 1 amide bonds. The first-order valence-corrected chi connectivity index (χ1v) is 5.28. The van der Waals surface area contributed by atoms with Gasteiger partial charge in [0.2, 0.25) is 5.95 Å². The molecule has 1 atom stereocenters. The molecule has 1 N–H and O–H groups in total. The van der Waals surface area contributed by atoms with Crippen molar-refractivity contribution in [2.45, 2.75) is 13.0 Å². The Balaban J connectivity index is 3.01. The Kier molecular flexibility index (Phi) is 3.83. The molecule has 1 rings (SSSR count). The van der Waals surface area contributed by atoms with Crippen LogP contribution in [0.3, 0.4) is 0 Å². The summed E-state index contributed by atoms with van der Waals surface area (Å²) in [5.74, 6) is -0.562. The molecular formula is C9H10FIN2O2. The van der Waals surface area contributed by atoms with Gasteiger partial charge in [-0.25, -0.2) is 9.78 Å². The number of hydrogen-bond donors (Lipinski definition) is 1. The fourth-order valence-corrected chi connectivity index (χ4v) is 1.95. The smallest absolute Gasteiger partial charge is 0.407 e. The van der Waals surface area contributed by atoms with Gasteiger partial charge in [0.25, 0.3) is 0 Å². The standard InChI is InChI=1S/C9H10FIN2O2/c1-5(13(2)9(14)15)6-4-12-8(10)3-7(6)11/h3-5H,1-2H3,(H,14,15). The van der Waals surface area contributed by atoms with Crippen LogP contribution in [0.5, 0.6) is 0 Å². The normalized spacial score (nSPS) is 12.3. The van der Waals surface area contributed by atoms with Gasteiger partial charge in [0.1, 0.15) is 0 Å². The highest BCUT2D eigenvalue weighted by Gasteiger charge is 2.19. The summed E-state index contributed by atoms with van der Waals surface area (Å²) in [6.07, 6.45) is 0.337. The minimum absolute atomic E-state index is 0.345. The molecule has 0 radical (unpaired) electrons. The highest BCUT2D eigenvalue weighted by Crippen LogP contribution is 2.23. The maximum absolute atomic E-state index is 12.7. The van der Waals surface area contributed by atoms with Crippen molar-refractivity contribution in [2.75, 3.05) is 7.05 Å². The van der Waals surface area contributed by atoms with E-state index in [4.69, 9.17) is 5.11 Å². The fourth-order valence-electron chi connectivity index (χ4n) is 1.10. The van der Waals surface area contributed by atoms with Crippen molar-refractivity contribution in [2.24, 2.45) is 0 Å². The van der Waals surface area contributed by atoms with E-state index in [0.717, 1.165) is 4.90 Å². The predicted molar refractivity (Wildman–Crippen MR) is 61.1 cm³/mol. The van der Waals surface area contributed by atoms with E-state index >= 15 is 0 Å². The Labute approximate surface area is 100 Å². The first-order valence-electron chi connectivity index (χ1n) is 4.20. The van der Waals surface area contributed by atoms with Crippen LogP contribution in [0, 0.1) is 9.52 Å². The molecule has 0 aromatic carbocycles. The Morgan fingerprint density at radius 2 is 2.33 bits per heavy atom. The lowest BCUT2D eigenvalue weighted by atomic mass is 10.1. The molecule has 0 aliphatic carbocycles. The number of aromatic nitrogens is 1. The van der Waals surface area contributed by atoms with Gasteiger partial charge in [-0.15, -0.1) is 0 Å². The van der Waals surface area contributed by atoms with E-state index in [2.05, 4.69) is 4.98 Å². The summed E-state index contributed by atoms with van der Waals surface area (Å²) in [5, 5.41) is 8.79. The zero-order valence-electron chi connectivity index (χ0n) is 8.24. The molecule has 0 saturated heterocycles. The number of nitrogens with zero attached hydrogens (tertiary/aromatic N) is 2. The van der Waals surface area contributed by atoms with Crippen molar-refractivity contribution in [3.8, 4) is 0 Å². The molecule has 15 heavy (non-hydrogen) atoms. The van der Waals surface area contributed by atoms with E-state index in [0.29, 0.717) is 9.13 Å². The summed E-state index contributed by atoms with van der Waals surface area (Å²) < 4.78 is 13.4. The van der Waals surface area contributed by atoms with Crippen LogP contribution in [0.1, 0.15) is 18.5 Å². The summed E-state index contributed by atoms with van der Waals surface area (Å²) in [7, 11) is 1.46. The predicted octanol–water partition coefficient (Wildman–Crippen LogP) is 2.50. The van der Waals surface area contributed by atoms with Crippen LogP contribution in [0.2, 0.25) is 0 Å². The Bertz CT molecular complexity index is 386. The molecular weight excluding hydrogens is 314 g/mol. The van der Waals surface area contributed by atoms with Crippen molar-refractivity contribution in [3.63, 3.8) is 0 Å². The van der Waals surface area contributed by atoms with Crippen LogP contribution < -0.4 is 0 Å². The Morgan fingerprint density at radius 1 is 1.73 bits per heavy atom. The van der Waals surface area contributed by atoms with E-state index < -0.39 is 12.0 Å². The molecule has 1 aromatic heterocycles. The molecule has 82 valence electrons. The molecule has 6 heteroatoms. The maximum Gasteiger partial charge on any atom is 0.407 e. The van der Waals surface area contributed by atoms with Gasteiger partial charge in [0, 0.05) is 28.4 Å². The van der Waals surface area contributed by atoms with Crippen LogP contribution in [0.15, 0.2) is 12.3 Å². The lowest BCUT2D eigenvalue weighted by Gasteiger charge is -2.22. The minimum atomic E-state index is -1.03. The molecule has 4 nitrogen and oxygen atoms in total. The van der Waals surface area contributed by atoms with Gasteiger partial charge in [-0.3, -0.25) is 0 Å². The number of pyridine rings is 1. The summed E-state index contributed by atoms with van der Waals surface area (Å²) in [6.45, 7) is 1.73. The number of carboxylic acid groups (broad SMARTS) is 1. The van der Waals surface area contributed by atoms with E-state index in [1.54, 1.807) is 6.92 Å². The van der Waals surface area contributed by atoms with E-state index in [-0.39, 0.29) is 6.04 Å². The number of carbonyl (C=O) groups is 1. The van der Waals surface area contributed by atoms with Crippen LogP contribution in [-0.4, -0.2) is 28.1 Å². The first-order chi connectivity index (χ1) is 6.93. The number of rotatable bonds is 2. The third-order valence-corrected chi connectivity index (χ3v) is 3.12. The third kappa shape index (κ3) is 2.77. The van der Waals surface area contributed by atoms with Crippen LogP contribution >= 0.6 is 22.6 Å². The zero-order chi connectivity index (χ0) is 11.6. The zero-order valence-corrected chi connectivity index (χ0v) is 10.4. The number of hydrogen-bond acceptors (Lipinski definition) is 2. The largest absolute Gasteiger partial charge is 0.465 e. The Morgan fingerprint density at radius 3 is 2.80 bits per heavy atom. The fraction of sp³-hybridized carbons (Fsp3) is 0.333.